The van der Waals surface area contributed by atoms with Gasteiger partial charge in [0.1, 0.15) is 5.82 Å². The van der Waals surface area contributed by atoms with Gasteiger partial charge in [-0.05, 0) is 37.9 Å². The number of nitrogens with one attached hydrogen (secondary N) is 1. The largest absolute Gasteiger partial charge is 0.345 e. The average molecular weight is 313 g/mol. The van der Waals surface area contributed by atoms with E-state index in [1.165, 1.54) is 0 Å². The highest BCUT2D eigenvalue weighted by atomic mass is 16.2. The van der Waals surface area contributed by atoms with E-state index < -0.39 is 0 Å². The van der Waals surface area contributed by atoms with Crippen LogP contribution in [0.15, 0.2) is 36.8 Å². The Labute approximate surface area is 136 Å². The zero-order valence-corrected chi connectivity index (χ0v) is 13.6. The van der Waals surface area contributed by atoms with Crippen LogP contribution in [0.2, 0.25) is 0 Å². The molecule has 1 amide bonds. The van der Waals surface area contributed by atoms with Crippen molar-refractivity contribution >= 4 is 5.91 Å². The molecule has 2 heterocycles. The minimum atomic E-state index is 0.0192. The number of nitrogens with zero attached hydrogens (tertiary/aromatic N) is 4. The zero-order chi connectivity index (χ0) is 16.2. The first-order valence-corrected chi connectivity index (χ1v) is 7.98. The predicted molar refractivity (Wildman–Crippen MR) is 87.4 cm³/mol. The lowest BCUT2D eigenvalue weighted by atomic mass is 10.1. The van der Waals surface area contributed by atoms with E-state index in [4.69, 9.17) is 0 Å². The lowest BCUT2D eigenvalue weighted by Crippen LogP contribution is -2.38. The van der Waals surface area contributed by atoms with Gasteiger partial charge in [-0.1, -0.05) is 6.07 Å². The third kappa shape index (κ3) is 4.16. The first kappa shape index (κ1) is 15.7. The lowest BCUT2D eigenvalue weighted by molar-refractivity contribution is -0.123. The fourth-order valence-electron chi connectivity index (χ4n) is 2.79. The molecule has 0 spiro atoms. The molecule has 2 aromatic rings. The summed E-state index contributed by atoms with van der Waals surface area (Å²) in [5.74, 6) is 1.48. The molecule has 1 saturated carbocycles. The van der Waals surface area contributed by atoms with Crippen molar-refractivity contribution in [2.75, 3.05) is 13.6 Å². The van der Waals surface area contributed by atoms with Crippen molar-refractivity contribution in [3.63, 3.8) is 0 Å². The third-order valence-electron chi connectivity index (χ3n) is 4.12. The van der Waals surface area contributed by atoms with E-state index in [1.54, 1.807) is 12.4 Å². The average Bonchev–Trinajstić information content (AvgIpc) is 3.27. The maximum atomic E-state index is 12.4. The number of imidazole rings is 1. The summed E-state index contributed by atoms with van der Waals surface area (Å²) in [6, 6.07) is 5.84. The molecule has 1 atom stereocenters. The molecule has 0 aliphatic heterocycles. The first-order chi connectivity index (χ1) is 11.1. The summed E-state index contributed by atoms with van der Waals surface area (Å²) < 4.78 is 1.99. The summed E-state index contributed by atoms with van der Waals surface area (Å²) in [7, 11) is 3.90. The van der Waals surface area contributed by atoms with Crippen LogP contribution in [0.5, 0.6) is 0 Å². The maximum absolute atomic E-state index is 12.4. The highest BCUT2D eigenvalue weighted by molar-refractivity contribution is 5.78. The number of aryl methyl sites for hydroxylation is 1. The highest BCUT2D eigenvalue weighted by Crippen LogP contribution is 2.40. The fraction of sp³-hybridized carbons (Fsp3) is 0.471. The van der Waals surface area contributed by atoms with E-state index in [-0.39, 0.29) is 11.9 Å². The molecular weight excluding hydrogens is 290 g/mol. The Balaban J connectivity index is 1.56. The van der Waals surface area contributed by atoms with Gasteiger partial charge in [-0.2, -0.15) is 0 Å². The van der Waals surface area contributed by atoms with Crippen molar-refractivity contribution in [3.05, 3.63) is 48.3 Å². The molecule has 1 N–H and O–H groups in total. The highest BCUT2D eigenvalue weighted by Gasteiger charge is 2.35. The number of likely N-dealkylation sites (N-methyl/N-ethyl adjacent to an activating group) is 1. The second-order valence-electron chi connectivity index (χ2n) is 6.27. The van der Waals surface area contributed by atoms with Gasteiger partial charge in [0.05, 0.1) is 18.3 Å². The summed E-state index contributed by atoms with van der Waals surface area (Å²) >= 11 is 0. The van der Waals surface area contributed by atoms with Crippen LogP contribution >= 0.6 is 0 Å². The number of hydrogen-bond donors (Lipinski definition) is 1. The number of pyridine rings is 1. The SMILES string of the molecule is CN(CC(=O)N[C@H](c1nccn1C)C1CC1)Cc1ccccn1. The van der Waals surface area contributed by atoms with E-state index in [9.17, 15) is 4.79 Å². The number of aromatic nitrogens is 3. The zero-order valence-electron chi connectivity index (χ0n) is 13.6. The van der Waals surface area contributed by atoms with Crippen LogP contribution in [0.25, 0.3) is 0 Å². The van der Waals surface area contributed by atoms with Crippen LogP contribution in [0, 0.1) is 5.92 Å². The lowest BCUT2D eigenvalue weighted by Gasteiger charge is -2.21. The smallest absolute Gasteiger partial charge is 0.234 e. The van der Waals surface area contributed by atoms with Gasteiger partial charge in [-0.15, -0.1) is 0 Å². The van der Waals surface area contributed by atoms with Gasteiger partial charge >= 0.3 is 0 Å². The summed E-state index contributed by atoms with van der Waals surface area (Å²) in [5.41, 5.74) is 0.964. The van der Waals surface area contributed by atoms with Gasteiger partial charge in [-0.3, -0.25) is 14.7 Å². The van der Waals surface area contributed by atoms with Gasteiger partial charge in [-0.25, -0.2) is 4.98 Å². The van der Waals surface area contributed by atoms with Gasteiger partial charge in [0.2, 0.25) is 5.91 Å². The Bertz CT molecular complexity index is 650. The van der Waals surface area contributed by atoms with Crippen LogP contribution in [0.4, 0.5) is 0 Å². The van der Waals surface area contributed by atoms with Crippen molar-refractivity contribution in [2.24, 2.45) is 13.0 Å². The Morgan fingerprint density at radius 1 is 1.39 bits per heavy atom. The summed E-state index contributed by atoms with van der Waals surface area (Å²) in [6.45, 7) is 1.01. The normalized spacial score (nSPS) is 15.6. The number of rotatable bonds is 7. The Kier molecular flexibility index (Phi) is 4.71. The Morgan fingerprint density at radius 3 is 2.83 bits per heavy atom. The number of carbonyl (C=O) groups is 1. The molecule has 6 heteroatoms. The molecule has 3 rings (SSSR count). The molecule has 0 saturated heterocycles. The van der Waals surface area contributed by atoms with E-state index in [1.807, 2.05) is 48.0 Å². The van der Waals surface area contributed by atoms with Crippen molar-refractivity contribution in [1.29, 1.82) is 0 Å². The topological polar surface area (TPSA) is 63.1 Å². The van der Waals surface area contributed by atoms with Crippen molar-refractivity contribution < 1.29 is 4.79 Å². The van der Waals surface area contributed by atoms with Crippen molar-refractivity contribution in [2.45, 2.75) is 25.4 Å². The van der Waals surface area contributed by atoms with Crippen LogP contribution < -0.4 is 5.32 Å². The maximum Gasteiger partial charge on any atom is 0.234 e. The van der Waals surface area contributed by atoms with E-state index >= 15 is 0 Å². The monoisotopic (exact) mass is 313 g/mol. The summed E-state index contributed by atoms with van der Waals surface area (Å²) in [4.78, 5) is 23.0. The van der Waals surface area contributed by atoms with E-state index in [0.29, 0.717) is 19.0 Å². The van der Waals surface area contributed by atoms with Gasteiger partial charge < -0.3 is 9.88 Å². The molecule has 23 heavy (non-hydrogen) atoms. The minimum Gasteiger partial charge on any atom is -0.345 e. The number of hydrogen-bond acceptors (Lipinski definition) is 4. The van der Waals surface area contributed by atoms with Crippen LogP contribution in [0.1, 0.15) is 30.4 Å². The molecule has 1 aliphatic rings. The summed E-state index contributed by atoms with van der Waals surface area (Å²) in [6.07, 6.45) is 7.78. The van der Waals surface area contributed by atoms with Crippen LogP contribution in [0.3, 0.4) is 0 Å². The van der Waals surface area contributed by atoms with Crippen molar-refractivity contribution in [1.82, 2.24) is 24.8 Å². The minimum absolute atomic E-state index is 0.0192. The van der Waals surface area contributed by atoms with Crippen LogP contribution in [-0.2, 0) is 18.4 Å². The van der Waals surface area contributed by atoms with E-state index in [2.05, 4.69) is 15.3 Å². The second kappa shape index (κ2) is 6.91. The van der Waals surface area contributed by atoms with Gasteiger partial charge in [0.25, 0.3) is 0 Å². The molecule has 1 aliphatic carbocycles. The Morgan fingerprint density at radius 2 is 2.22 bits per heavy atom. The molecule has 2 aromatic heterocycles. The molecule has 0 unspecified atom stereocenters. The molecule has 0 aromatic carbocycles. The molecular formula is C17H23N5O. The van der Waals surface area contributed by atoms with Gasteiger partial charge in [0.15, 0.2) is 0 Å². The molecule has 122 valence electrons. The van der Waals surface area contributed by atoms with Crippen LogP contribution in [-0.4, -0.2) is 38.9 Å². The van der Waals surface area contributed by atoms with E-state index in [0.717, 1.165) is 24.4 Å². The molecule has 6 nitrogen and oxygen atoms in total. The quantitative estimate of drug-likeness (QED) is 0.842. The number of carbonyl (C=O) groups excluding carboxylic acids is 1. The Hall–Kier alpha value is -2.21. The number of amides is 1. The van der Waals surface area contributed by atoms with Gasteiger partial charge in [0, 0.05) is 32.2 Å². The molecule has 1 fully saturated rings. The second-order valence-corrected chi connectivity index (χ2v) is 6.27. The first-order valence-electron chi connectivity index (χ1n) is 7.98. The fourth-order valence-corrected chi connectivity index (χ4v) is 2.79. The predicted octanol–water partition coefficient (Wildman–Crippen LogP) is 1.51. The standard InChI is InChI=1S/C17H23N5O/c1-21(11-14-5-3-4-8-18-14)12-15(23)20-16(13-6-7-13)17-19-9-10-22(17)2/h3-5,8-10,13,16H,6-7,11-12H2,1-2H3,(H,20,23)/t16-/m0/s1. The van der Waals surface area contributed by atoms with Crippen molar-refractivity contribution in [3.8, 4) is 0 Å². The third-order valence-corrected chi connectivity index (χ3v) is 4.12. The molecule has 0 bridgehead atoms. The molecule has 0 radical (unpaired) electrons. The summed E-state index contributed by atoms with van der Waals surface area (Å²) in [5, 5.41) is 3.15.